The van der Waals surface area contributed by atoms with Crippen molar-refractivity contribution in [3.63, 3.8) is 0 Å². The first-order chi connectivity index (χ1) is 12.3. The summed E-state index contributed by atoms with van der Waals surface area (Å²) in [6, 6.07) is 4.91. The maximum Gasteiger partial charge on any atom is 0.326 e. The average Bonchev–Trinajstić information content (AvgIpc) is 3.18. The third-order valence-corrected chi connectivity index (χ3v) is 5.12. The van der Waals surface area contributed by atoms with Gasteiger partial charge in [-0.05, 0) is 49.8 Å². The van der Waals surface area contributed by atoms with E-state index >= 15 is 0 Å². The summed E-state index contributed by atoms with van der Waals surface area (Å²) in [6.45, 7) is 2.47. The number of carbonyl (C=O) groups is 4. The molecule has 1 aromatic rings. The highest BCUT2D eigenvalue weighted by atomic mass is 16.5. The lowest BCUT2D eigenvalue weighted by molar-refractivity contribution is -0.146. The van der Waals surface area contributed by atoms with Crippen LogP contribution in [0.4, 0.5) is 4.79 Å². The van der Waals surface area contributed by atoms with Gasteiger partial charge in [0.05, 0.1) is 0 Å². The standard InChI is InChI=1S/C19H22N2O5/c1-3-19(2)17(24)21(18(25)20-19)10-16(23)26-11-15(22)14-8-7-12-5-4-6-13(12)9-14/h7-9H,3-6,10-11H2,1-2H3,(H,20,25)/t19-/m1/s1. The number of imide groups is 1. The van der Waals surface area contributed by atoms with Gasteiger partial charge in [0.2, 0.25) is 0 Å². The van der Waals surface area contributed by atoms with E-state index in [-0.39, 0.29) is 5.78 Å². The molecule has 3 rings (SSSR count). The number of ketones is 1. The van der Waals surface area contributed by atoms with E-state index < -0.39 is 36.6 Å². The maximum atomic E-state index is 12.2. The zero-order valence-corrected chi connectivity index (χ0v) is 15.0. The van der Waals surface area contributed by atoms with Gasteiger partial charge in [-0.15, -0.1) is 0 Å². The van der Waals surface area contributed by atoms with Crippen molar-refractivity contribution >= 4 is 23.7 Å². The van der Waals surface area contributed by atoms with Crippen molar-refractivity contribution in [1.29, 1.82) is 0 Å². The maximum absolute atomic E-state index is 12.2. The summed E-state index contributed by atoms with van der Waals surface area (Å²) < 4.78 is 4.98. The van der Waals surface area contributed by atoms with Crippen LogP contribution in [0.3, 0.4) is 0 Å². The summed E-state index contributed by atoms with van der Waals surface area (Å²) in [4.78, 5) is 49.1. The average molecular weight is 358 g/mol. The normalized spacial score (nSPS) is 21.5. The minimum atomic E-state index is -1.00. The molecule has 1 heterocycles. The molecule has 0 bridgehead atoms. The Morgan fingerprint density at radius 3 is 2.65 bits per heavy atom. The Kier molecular flexibility index (Phi) is 4.80. The zero-order chi connectivity index (χ0) is 18.9. The van der Waals surface area contributed by atoms with Crippen LogP contribution in [-0.4, -0.2) is 47.3 Å². The van der Waals surface area contributed by atoms with E-state index in [9.17, 15) is 19.2 Å². The van der Waals surface area contributed by atoms with E-state index in [1.165, 1.54) is 11.1 Å². The van der Waals surface area contributed by atoms with Gasteiger partial charge in [0.25, 0.3) is 5.91 Å². The molecular formula is C19H22N2O5. The number of urea groups is 1. The first-order valence-corrected chi connectivity index (χ1v) is 8.79. The summed E-state index contributed by atoms with van der Waals surface area (Å²) in [6.07, 6.45) is 3.49. The molecule has 7 heteroatoms. The van der Waals surface area contributed by atoms with Gasteiger partial charge in [-0.2, -0.15) is 0 Å². The number of esters is 1. The molecule has 1 N–H and O–H groups in total. The second-order valence-corrected chi connectivity index (χ2v) is 6.93. The number of fused-ring (bicyclic) bond motifs is 1. The highest BCUT2D eigenvalue weighted by Gasteiger charge is 2.47. The van der Waals surface area contributed by atoms with Crippen LogP contribution in [-0.2, 0) is 27.2 Å². The highest BCUT2D eigenvalue weighted by Crippen LogP contribution is 2.23. The molecule has 1 aliphatic heterocycles. The molecule has 7 nitrogen and oxygen atoms in total. The van der Waals surface area contributed by atoms with Crippen LogP contribution in [0.15, 0.2) is 18.2 Å². The fourth-order valence-corrected chi connectivity index (χ4v) is 3.28. The number of carbonyl (C=O) groups excluding carboxylic acids is 4. The summed E-state index contributed by atoms with van der Waals surface area (Å²) in [7, 11) is 0. The number of hydrogen-bond acceptors (Lipinski definition) is 5. The smallest absolute Gasteiger partial charge is 0.326 e. The van der Waals surface area contributed by atoms with E-state index in [1.807, 2.05) is 12.1 Å². The third-order valence-electron chi connectivity index (χ3n) is 5.12. The van der Waals surface area contributed by atoms with Crippen molar-refractivity contribution in [2.45, 2.75) is 45.1 Å². The Morgan fingerprint density at radius 1 is 1.23 bits per heavy atom. The van der Waals surface area contributed by atoms with Crippen LogP contribution in [0.2, 0.25) is 0 Å². The molecule has 1 aliphatic carbocycles. The minimum absolute atomic E-state index is 0.302. The van der Waals surface area contributed by atoms with Crippen molar-refractivity contribution in [2.24, 2.45) is 0 Å². The third kappa shape index (κ3) is 3.34. The molecule has 0 spiro atoms. The molecule has 3 amide bonds. The van der Waals surface area contributed by atoms with Crippen LogP contribution >= 0.6 is 0 Å². The Balaban J connectivity index is 1.55. The van der Waals surface area contributed by atoms with Gasteiger partial charge in [-0.25, -0.2) is 4.79 Å². The number of ether oxygens (including phenoxy) is 1. The van der Waals surface area contributed by atoms with Gasteiger partial charge >= 0.3 is 12.0 Å². The van der Waals surface area contributed by atoms with Crippen molar-refractivity contribution in [1.82, 2.24) is 10.2 Å². The molecule has 0 aromatic heterocycles. The number of rotatable bonds is 6. The molecular weight excluding hydrogens is 336 g/mol. The first-order valence-electron chi connectivity index (χ1n) is 8.79. The topological polar surface area (TPSA) is 92.8 Å². The second kappa shape index (κ2) is 6.90. The van der Waals surface area contributed by atoms with Gasteiger partial charge in [0.15, 0.2) is 12.4 Å². The lowest BCUT2D eigenvalue weighted by atomic mass is 9.99. The van der Waals surface area contributed by atoms with Crippen LogP contribution in [0.1, 0.15) is 48.2 Å². The van der Waals surface area contributed by atoms with E-state index in [0.717, 1.165) is 24.2 Å². The molecule has 2 aliphatic rings. The molecule has 1 aromatic carbocycles. The van der Waals surface area contributed by atoms with Crippen molar-refractivity contribution in [2.75, 3.05) is 13.2 Å². The SMILES string of the molecule is CC[C@@]1(C)NC(=O)N(CC(=O)OCC(=O)c2ccc3c(c2)CCC3)C1=O. The summed E-state index contributed by atoms with van der Waals surface area (Å²) >= 11 is 0. The molecule has 138 valence electrons. The Bertz CT molecular complexity index is 788. The number of Topliss-reactive ketones (excluding diaryl/α,β-unsaturated/α-hetero) is 1. The van der Waals surface area contributed by atoms with Gasteiger partial charge in [0, 0.05) is 5.56 Å². The van der Waals surface area contributed by atoms with E-state index in [1.54, 1.807) is 19.9 Å². The van der Waals surface area contributed by atoms with Gasteiger partial charge in [-0.1, -0.05) is 19.1 Å². The summed E-state index contributed by atoms with van der Waals surface area (Å²) in [5, 5.41) is 2.56. The molecule has 1 atom stereocenters. The summed E-state index contributed by atoms with van der Waals surface area (Å²) in [5.41, 5.74) is 1.93. The summed E-state index contributed by atoms with van der Waals surface area (Å²) in [5.74, 6) is -1.56. The lowest BCUT2D eigenvalue weighted by Crippen LogP contribution is -2.43. The molecule has 0 unspecified atom stereocenters. The monoisotopic (exact) mass is 358 g/mol. The van der Waals surface area contributed by atoms with E-state index in [0.29, 0.717) is 12.0 Å². The van der Waals surface area contributed by atoms with E-state index in [2.05, 4.69) is 5.32 Å². The highest BCUT2D eigenvalue weighted by molar-refractivity contribution is 6.08. The Labute approximate surface area is 151 Å². The predicted molar refractivity (Wildman–Crippen MR) is 92.7 cm³/mol. The molecule has 26 heavy (non-hydrogen) atoms. The lowest BCUT2D eigenvalue weighted by Gasteiger charge is -2.18. The number of hydrogen-bond donors (Lipinski definition) is 1. The quantitative estimate of drug-likeness (QED) is 0.474. The molecule has 1 fully saturated rings. The van der Waals surface area contributed by atoms with E-state index in [4.69, 9.17) is 4.74 Å². The number of aryl methyl sites for hydroxylation is 2. The van der Waals surface area contributed by atoms with Gasteiger partial charge < -0.3 is 10.1 Å². The first kappa shape index (κ1) is 18.1. The molecule has 1 saturated heterocycles. The number of amides is 3. The minimum Gasteiger partial charge on any atom is -0.456 e. The van der Waals surface area contributed by atoms with Crippen LogP contribution in [0.25, 0.3) is 0 Å². The number of nitrogens with one attached hydrogen (secondary N) is 1. The number of nitrogens with zero attached hydrogens (tertiary/aromatic N) is 1. The van der Waals surface area contributed by atoms with Crippen molar-refractivity contribution in [3.05, 3.63) is 34.9 Å². The Hall–Kier alpha value is -2.70. The van der Waals surface area contributed by atoms with Crippen LogP contribution in [0, 0.1) is 0 Å². The number of benzene rings is 1. The van der Waals surface area contributed by atoms with Gasteiger partial charge in [-0.3, -0.25) is 19.3 Å². The van der Waals surface area contributed by atoms with Crippen LogP contribution < -0.4 is 5.32 Å². The van der Waals surface area contributed by atoms with Crippen LogP contribution in [0.5, 0.6) is 0 Å². The van der Waals surface area contributed by atoms with Gasteiger partial charge in [0.1, 0.15) is 12.1 Å². The molecule has 0 radical (unpaired) electrons. The molecule has 0 saturated carbocycles. The predicted octanol–water partition coefficient (Wildman–Crippen LogP) is 1.62. The second-order valence-electron chi connectivity index (χ2n) is 6.93. The zero-order valence-electron chi connectivity index (χ0n) is 15.0. The fraction of sp³-hybridized carbons (Fsp3) is 0.474. The van der Waals surface area contributed by atoms with Crippen molar-refractivity contribution in [3.8, 4) is 0 Å². The van der Waals surface area contributed by atoms with Crippen molar-refractivity contribution < 1.29 is 23.9 Å². The fourth-order valence-electron chi connectivity index (χ4n) is 3.28. The Morgan fingerprint density at radius 2 is 1.96 bits per heavy atom. The largest absolute Gasteiger partial charge is 0.456 e.